The standard InChI is InChI=1S/C6H13N3/c1-6(2)3-8-5-9-4-7/h4-6H,3H2,1-2H3,(H2,7,8,9). The van der Waals surface area contributed by atoms with Gasteiger partial charge in [0.15, 0.2) is 0 Å². The van der Waals surface area contributed by atoms with Crippen LogP contribution in [0.25, 0.3) is 0 Å². The van der Waals surface area contributed by atoms with Gasteiger partial charge in [-0.1, -0.05) is 13.8 Å². The van der Waals surface area contributed by atoms with Gasteiger partial charge in [-0.25, -0.2) is 0 Å². The monoisotopic (exact) mass is 127 g/mol. The maximum Gasteiger partial charge on any atom is 0.0874 e. The van der Waals surface area contributed by atoms with Crippen LogP contribution in [0.15, 0.2) is 4.99 Å². The molecule has 9 heavy (non-hydrogen) atoms. The fourth-order valence-corrected chi connectivity index (χ4v) is 0.353. The number of hydrogen-bond acceptors (Lipinski definition) is 2. The summed E-state index contributed by atoms with van der Waals surface area (Å²) in [7, 11) is 0. The molecule has 0 unspecified atom stereocenters. The molecule has 0 aromatic rings. The van der Waals surface area contributed by atoms with Gasteiger partial charge in [0.25, 0.3) is 0 Å². The quantitative estimate of drug-likeness (QED) is 0.427. The third-order valence-corrected chi connectivity index (χ3v) is 0.720. The molecule has 0 rings (SSSR count). The molecule has 52 valence electrons. The second kappa shape index (κ2) is 5.28. The van der Waals surface area contributed by atoms with Crippen LogP contribution in [0.3, 0.4) is 0 Å². The minimum Gasteiger partial charge on any atom is -0.338 e. The fourth-order valence-electron chi connectivity index (χ4n) is 0.353. The summed E-state index contributed by atoms with van der Waals surface area (Å²) in [6.07, 6.45) is 2.64. The summed E-state index contributed by atoms with van der Waals surface area (Å²) in [5.41, 5.74) is 0. The number of hydrogen-bond donors (Lipinski definition) is 2. The maximum atomic E-state index is 6.56. The molecule has 0 aromatic heterocycles. The first-order chi connectivity index (χ1) is 4.27. The van der Waals surface area contributed by atoms with E-state index < -0.39 is 0 Å². The molecule has 0 aromatic carbocycles. The van der Waals surface area contributed by atoms with Crippen molar-refractivity contribution in [1.82, 2.24) is 5.32 Å². The molecular weight excluding hydrogens is 114 g/mol. The highest BCUT2D eigenvalue weighted by molar-refractivity contribution is 5.72. The van der Waals surface area contributed by atoms with E-state index in [1.54, 1.807) is 0 Å². The Labute approximate surface area is 55.7 Å². The Morgan fingerprint density at radius 1 is 1.67 bits per heavy atom. The molecule has 0 atom stereocenters. The van der Waals surface area contributed by atoms with Crippen molar-refractivity contribution in [1.29, 1.82) is 5.41 Å². The summed E-state index contributed by atoms with van der Waals surface area (Å²) < 4.78 is 0. The number of rotatable bonds is 4. The van der Waals surface area contributed by atoms with Gasteiger partial charge in [0, 0.05) is 6.54 Å². The summed E-state index contributed by atoms with van der Waals surface area (Å²) >= 11 is 0. The Kier molecular flexibility index (Phi) is 4.78. The van der Waals surface area contributed by atoms with Gasteiger partial charge in [-0.05, 0) is 5.92 Å². The molecule has 0 fully saturated rings. The Hall–Kier alpha value is -0.860. The molecule has 0 aliphatic rings. The van der Waals surface area contributed by atoms with Crippen molar-refractivity contribution in [3.63, 3.8) is 0 Å². The summed E-state index contributed by atoms with van der Waals surface area (Å²) in [5.74, 6) is 0.591. The van der Waals surface area contributed by atoms with Gasteiger partial charge in [0.2, 0.25) is 0 Å². The third-order valence-electron chi connectivity index (χ3n) is 0.720. The van der Waals surface area contributed by atoms with Crippen LogP contribution in [0.4, 0.5) is 0 Å². The molecule has 0 saturated carbocycles. The van der Waals surface area contributed by atoms with E-state index in [0.717, 1.165) is 12.9 Å². The van der Waals surface area contributed by atoms with Crippen LogP contribution in [0, 0.1) is 11.3 Å². The first-order valence-corrected chi connectivity index (χ1v) is 3.00. The molecule has 0 bridgehead atoms. The SMILES string of the molecule is CC(C)CN=CNC=N. The van der Waals surface area contributed by atoms with E-state index >= 15 is 0 Å². The van der Waals surface area contributed by atoms with Crippen molar-refractivity contribution in [3.05, 3.63) is 0 Å². The summed E-state index contributed by atoms with van der Waals surface area (Å²) in [5, 5.41) is 9.11. The highest BCUT2D eigenvalue weighted by Crippen LogP contribution is 1.88. The van der Waals surface area contributed by atoms with E-state index in [0.29, 0.717) is 5.92 Å². The third kappa shape index (κ3) is 7.14. The van der Waals surface area contributed by atoms with E-state index in [2.05, 4.69) is 24.2 Å². The van der Waals surface area contributed by atoms with Crippen molar-refractivity contribution < 1.29 is 0 Å². The van der Waals surface area contributed by atoms with E-state index in [9.17, 15) is 0 Å². The van der Waals surface area contributed by atoms with Gasteiger partial charge in [-0.3, -0.25) is 10.4 Å². The molecule has 0 aliphatic carbocycles. The first-order valence-electron chi connectivity index (χ1n) is 3.00. The van der Waals surface area contributed by atoms with Crippen molar-refractivity contribution in [2.75, 3.05) is 6.54 Å². The molecule has 0 radical (unpaired) electrons. The predicted molar refractivity (Wildman–Crippen MR) is 40.1 cm³/mol. The number of nitrogens with zero attached hydrogens (tertiary/aromatic N) is 1. The highest BCUT2D eigenvalue weighted by Gasteiger charge is 1.85. The lowest BCUT2D eigenvalue weighted by molar-refractivity contribution is 0.666. The number of aliphatic imine (C=N–C) groups is 1. The lowest BCUT2D eigenvalue weighted by Crippen LogP contribution is -2.07. The van der Waals surface area contributed by atoms with Gasteiger partial charge >= 0.3 is 0 Å². The van der Waals surface area contributed by atoms with Crippen molar-refractivity contribution in [2.45, 2.75) is 13.8 Å². The Morgan fingerprint density at radius 2 is 2.33 bits per heavy atom. The zero-order valence-corrected chi connectivity index (χ0v) is 5.89. The summed E-state index contributed by atoms with van der Waals surface area (Å²) in [6, 6.07) is 0. The van der Waals surface area contributed by atoms with Crippen LogP contribution in [-0.2, 0) is 0 Å². The van der Waals surface area contributed by atoms with Gasteiger partial charge in [-0.15, -0.1) is 0 Å². The van der Waals surface area contributed by atoms with E-state index in [1.165, 1.54) is 6.34 Å². The molecule has 0 heterocycles. The molecule has 0 aliphatic heterocycles. The van der Waals surface area contributed by atoms with Gasteiger partial charge in [0.1, 0.15) is 0 Å². The average Bonchev–Trinajstić information content (AvgIpc) is 1.80. The van der Waals surface area contributed by atoms with Gasteiger partial charge in [-0.2, -0.15) is 0 Å². The van der Waals surface area contributed by atoms with E-state index in [-0.39, 0.29) is 0 Å². The smallest absolute Gasteiger partial charge is 0.0874 e. The minimum absolute atomic E-state index is 0.591. The van der Waals surface area contributed by atoms with Crippen LogP contribution in [0.5, 0.6) is 0 Å². The van der Waals surface area contributed by atoms with Gasteiger partial charge < -0.3 is 5.32 Å². The normalized spacial score (nSPS) is 10.6. The minimum atomic E-state index is 0.591. The fraction of sp³-hybridized carbons (Fsp3) is 0.667. The zero-order valence-electron chi connectivity index (χ0n) is 5.89. The Morgan fingerprint density at radius 3 is 2.78 bits per heavy atom. The van der Waals surface area contributed by atoms with Crippen molar-refractivity contribution in [3.8, 4) is 0 Å². The number of nitrogens with one attached hydrogen (secondary N) is 2. The topological polar surface area (TPSA) is 48.2 Å². The Bertz CT molecular complexity index is 96.5. The second-order valence-corrected chi connectivity index (χ2v) is 2.20. The average molecular weight is 127 g/mol. The molecule has 3 heteroatoms. The highest BCUT2D eigenvalue weighted by atomic mass is 14.9. The predicted octanol–water partition coefficient (Wildman–Crippen LogP) is 0.867. The molecule has 3 nitrogen and oxygen atoms in total. The lowest BCUT2D eigenvalue weighted by atomic mass is 10.2. The summed E-state index contributed by atoms with van der Waals surface area (Å²) in [6.45, 7) is 5.02. The zero-order chi connectivity index (χ0) is 7.11. The Balaban J connectivity index is 3.14. The van der Waals surface area contributed by atoms with Crippen LogP contribution in [0.1, 0.15) is 13.8 Å². The summed E-state index contributed by atoms with van der Waals surface area (Å²) in [4.78, 5) is 3.97. The molecule has 0 spiro atoms. The second-order valence-electron chi connectivity index (χ2n) is 2.20. The maximum absolute atomic E-state index is 6.56. The molecule has 0 saturated heterocycles. The van der Waals surface area contributed by atoms with E-state index in [4.69, 9.17) is 5.41 Å². The first kappa shape index (κ1) is 8.14. The molecule has 0 amide bonds. The van der Waals surface area contributed by atoms with Crippen molar-refractivity contribution in [2.24, 2.45) is 10.9 Å². The van der Waals surface area contributed by atoms with Crippen LogP contribution >= 0.6 is 0 Å². The van der Waals surface area contributed by atoms with Crippen LogP contribution < -0.4 is 5.32 Å². The lowest BCUT2D eigenvalue weighted by Gasteiger charge is -1.95. The largest absolute Gasteiger partial charge is 0.338 e. The van der Waals surface area contributed by atoms with Crippen LogP contribution in [0.2, 0.25) is 0 Å². The molecule has 2 N–H and O–H groups in total. The van der Waals surface area contributed by atoms with Crippen LogP contribution in [-0.4, -0.2) is 19.2 Å². The van der Waals surface area contributed by atoms with Gasteiger partial charge in [0.05, 0.1) is 12.7 Å². The van der Waals surface area contributed by atoms with Crippen molar-refractivity contribution >= 4 is 12.7 Å². The molecular formula is C6H13N3. The van der Waals surface area contributed by atoms with E-state index in [1.807, 2.05) is 0 Å².